The molecular formula is C11H15N5O2S2. The second-order valence-electron chi connectivity index (χ2n) is 4.17. The maximum atomic E-state index is 12.1. The summed E-state index contributed by atoms with van der Waals surface area (Å²) in [5.74, 6) is 0.807. The van der Waals surface area contributed by atoms with Crippen LogP contribution in [-0.4, -0.2) is 45.0 Å². The van der Waals surface area contributed by atoms with E-state index in [4.69, 9.17) is 0 Å². The van der Waals surface area contributed by atoms with Gasteiger partial charge in [-0.3, -0.25) is 14.7 Å². The van der Waals surface area contributed by atoms with E-state index in [1.807, 2.05) is 0 Å². The third-order valence-corrected chi connectivity index (χ3v) is 4.67. The monoisotopic (exact) mass is 313 g/mol. The van der Waals surface area contributed by atoms with Crippen molar-refractivity contribution in [3.63, 3.8) is 0 Å². The molecule has 9 heteroatoms. The highest BCUT2D eigenvalue weighted by Crippen LogP contribution is 2.18. The number of aliphatic imine (C=N–C) groups is 1. The third-order valence-electron chi connectivity index (χ3n) is 2.29. The smallest absolute Gasteiger partial charge is 0.263 e. The largest absolute Gasteiger partial charge is 0.285 e. The zero-order chi connectivity index (χ0) is 14.6. The zero-order valence-corrected chi connectivity index (χ0v) is 12.8. The molecule has 2 rings (SSSR count). The standard InChI is InChI=1S/C11H15N5O2S2/c1-16(2)15-13-9-3-5-10(6-4-9)20(17,18)14-11-12-7-8-19-11/h3-6H,7-8H2,1-2H3,(H,12,14). The van der Waals surface area contributed by atoms with Gasteiger partial charge in [0.15, 0.2) is 5.17 Å². The van der Waals surface area contributed by atoms with E-state index in [-0.39, 0.29) is 4.90 Å². The Hall–Kier alpha value is -1.61. The van der Waals surface area contributed by atoms with Crippen LogP contribution in [0, 0.1) is 0 Å². The fourth-order valence-corrected chi connectivity index (χ4v) is 3.43. The Morgan fingerprint density at radius 1 is 1.30 bits per heavy atom. The molecular weight excluding hydrogens is 298 g/mol. The Bertz CT molecular complexity index is 623. The van der Waals surface area contributed by atoms with Crippen LogP contribution in [0.1, 0.15) is 0 Å². The summed E-state index contributed by atoms with van der Waals surface area (Å²) in [5, 5.41) is 9.78. The van der Waals surface area contributed by atoms with Gasteiger partial charge < -0.3 is 0 Å². The van der Waals surface area contributed by atoms with Crippen LogP contribution in [0.4, 0.5) is 5.69 Å². The van der Waals surface area contributed by atoms with Gasteiger partial charge in [0, 0.05) is 19.8 Å². The lowest BCUT2D eigenvalue weighted by Crippen LogP contribution is -2.27. The van der Waals surface area contributed by atoms with Gasteiger partial charge in [-0.05, 0) is 24.3 Å². The van der Waals surface area contributed by atoms with E-state index in [1.165, 1.54) is 23.9 Å². The number of hydrogen-bond donors (Lipinski definition) is 1. The van der Waals surface area contributed by atoms with Gasteiger partial charge in [0.1, 0.15) is 0 Å². The van der Waals surface area contributed by atoms with E-state index in [1.54, 1.807) is 31.2 Å². The van der Waals surface area contributed by atoms with Crippen LogP contribution in [0.5, 0.6) is 0 Å². The van der Waals surface area contributed by atoms with E-state index in [0.29, 0.717) is 17.4 Å². The van der Waals surface area contributed by atoms with Gasteiger partial charge in [-0.15, -0.1) is 5.11 Å². The van der Waals surface area contributed by atoms with Crippen LogP contribution in [0.3, 0.4) is 0 Å². The number of rotatable bonds is 4. The average molecular weight is 313 g/mol. The van der Waals surface area contributed by atoms with Crippen LogP contribution in [0.25, 0.3) is 0 Å². The predicted molar refractivity (Wildman–Crippen MR) is 79.7 cm³/mol. The van der Waals surface area contributed by atoms with Crippen molar-refractivity contribution in [3.05, 3.63) is 24.3 Å². The molecule has 0 radical (unpaired) electrons. The Balaban J connectivity index is 2.12. The van der Waals surface area contributed by atoms with Crippen LogP contribution < -0.4 is 4.72 Å². The summed E-state index contributed by atoms with van der Waals surface area (Å²) in [6.45, 7) is 0.645. The van der Waals surface area contributed by atoms with Gasteiger partial charge in [-0.1, -0.05) is 17.0 Å². The highest BCUT2D eigenvalue weighted by molar-refractivity contribution is 8.15. The van der Waals surface area contributed by atoms with Crippen molar-refractivity contribution in [1.29, 1.82) is 0 Å². The number of hydrogen-bond acceptors (Lipinski definition) is 6. The quantitative estimate of drug-likeness (QED) is 0.676. The second kappa shape index (κ2) is 6.23. The Morgan fingerprint density at radius 3 is 2.55 bits per heavy atom. The van der Waals surface area contributed by atoms with Crippen molar-refractivity contribution in [2.24, 2.45) is 15.3 Å². The summed E-state index contributed by atoms with van der Waals surface area (Å²) in [6.07, 6.45) is 0. The van der Waals surface area contributed by atoms with Crippen LogP contribution in [0.15, 0.2) is 44.5 Å². The second-order valence-corrected chi connectivity index (χ2v) is 6.94. The minimum Gasteiger partial charge on any atom is -0.285 e. The molecule has 0 aliphatic carbocycles. The minimum absolute atomic E-state index is 0.177. The molecule has 0 fully saturated rings. The lowest BCUT2D eigenvalue weighted by Gasteiger charge is -2.07. The molecule has 7 nitrogen and oxygen atoms in total. The Kier molecular flexibility index (Phi) is 4.61. The first-order valence-electron chi connectivity index (χ1n) is 5.86. The molecule has 20 heavy (non-hydrogen) atoms. The molecule has 1 aliphatic heterocycles. The summed E-state index contributed by atoms with van der Waals surface area (Å²) in [5.41, 5.74) is 0.588. The number of thioether (sulfide) groups is 1. The highest BCUT2D eigenvalue weighted by atomic mass is 32.2. The maximum absolute atomic E-state index is 12.1. The normalized spacial score (nSPS) is 15.4. The van der Waals surface area contributed by atoms with Gasteiger partial charge in [-0.2, -0.15) is 0 Å². The molecule has 0 saturated heterocycles. The molecule has 0 atom stereocenters. The van der Waals surface area contributed by atoms with Crippen molar-refractivity contribution in [3.8, 4) is 0 Å². The van der Waals surface area contributed by atoms with Gasteiger partial charge in [0.2, 0.25) is 0 Å². The van der Waals surface area contributed by atoms with E-state index in [2.05, 4.69) is 20.1 Å². The lowest BCUT2D eigenvalue weighted by atomic mass is 10.3. The van der Waals surface area contributed by atoms with E-state index in [9.17, 15) is 8.42 Å². The molecule has 1 N–H and O–H groups in total. The summed E-state index contributed by atoms with van der Waals surface area (Å²) in [7, 11) is -0.0637. The fourth-order valence-electron chi connectivity index (χ4n) is 1.40. The van der Waals surface area contributed by atoms with Crippen molar-refractivity contribution in [2.45, 2.75) is 4.90 Å². The molecule has 108 valence electrons. The first-order valence-corrected chi connectivity index (χ1v) is 8.33. The number of nitrogens with zero attached hydrogens (tertiary/aromatic N) is 4. The number of sulfonamides is 1. The molecule has 1 heterocycles. The van der Waals surface area contributed by atoms with E-state index >= 15 is 0 Å². The topological polar surface area (TPSA) is 86.5 Å². The van der Waals surface area contributed by atoms with E-state index < -0.39 is 10.0 Å². The van der Waals surface area contributed by atoms with Crippen molar-refractivity contribution in [2.75, 3.05) is 26.4 Å². The molecule has 1 aliphatic rings. The van der Waals surface area contributed by atoms with E-state index in [0.717, 1.165) is 5.75 Å². The number of nitrogens with one attached hydrogen (secondary N) is 1. The van der Waals surface area contributed by atoms with Crippen molar-refractivity contribution in [1.82, 2.24) is 9.73 Å². The van der Waals surface area contributed by atoms with Crippen LogP contribution in [-0.2, 0) is 10.0 Å². The Morgan fingerprint density at radius 2 is 2.00 bits per heavy atom. The van der Waals surface area contributed by atoms with Gasteiger partial charge >= 0.3 is 0 Å². The van der Waals surface area contributed by atoms with Crippen molar-refractivity contribution < 1.29 is 8.42 Å². The lowest BCUT2D eigenvalue weighted by molar-refractivity contribution is 0.408. The SMILES string of the molecule is CN(C)N=Nc1ccc(S(=O)(=O)NC2=NCCS2)cc1. The van der Waals surface area contributed by atoms with Crippen LogP contribution in [0.2, 0.25) is 0 Å². The summed E-state index contributed by atoms with van der Waals surface area (Å²) >= 11 is 1.40. The summed E-state index contributed by atoms with van der Waals surface area (Å²) in [4.78, 5) is 4.24. The minimum atomic E-state index is -3.58. The predicted octanol–water partition coefficient (Wildman–Crippen LogP) is 1.63. The zero-order valence-electron chi connectivity index (χ0n) is 11.1. The van der Waals surface area contributed by atoms with Gasteiger partial charge in [0.05, 0.1) is 17.1 Å². The molecule has 0 spiro atoms. The first-order chi connectivity index (χ1) is 9.47. The van der Waals surface area contributed by atoms with Gasteiger partial charge in [0.25, 0.3) is 10.0 Å². The molecule has 1 aromatic carbocycles. The highest BCUT2D eigenvalue weighted by Gasteiger charge is 2.18. The summed E-state index contributed by atoms with van der Waals surface area (Å²) in [6, 6.07) is 6.19. The first kappa shape index (κ1) is 14.8. The Labute approximate surface area is 122 Å². The molecule has 0 unspecified atom stereocenters. The molecule has 0 saturated carbocycles. The van der Waals surface area contributed by atoms with Crippen LogP contribution >= 0.6 is 11.8 Å². The molecule has 0 amide bonds. The number of benzene rings is 1. The molecule has 1 aromatic rings. The molecule has 0 bridgehead atoms. The maximum Gasteiger partial charge on any atom is 0.263 e. The average Bonchev–Trinajstić information content (AvgIpc) is 2.89. The molecule has 0 aromatic heterocycles. The fraction of sp³-hybridized carbons (Fsp3) is 0.364. The number of amidine groups is 1. The van der Waals surface area contributed by atoms with Crippen molar-refractivity contribution >= 4 is 32.6 Å². The van der Waals surface area contributed by atoms with Gasteiger partial charge in [-0.25, -0.2) is 8.42 Å². The third kappa shape index (κ3) is 3.94. The summed E-state index contributed by atoms with van der Waals surface area (Å²) < 4.78 is 26.7.